The van der Waals surface area contributed by atoms with Crippen molar-refractivity contribution in [2.75, 3.05) is 53.6 Å². The number of rotatable bonds is 9. The molecule has 0 N–H and O–H groups in total. The molecule has 0 bridgehead atoms. The molecule has 0 radical (unpaired) electrons. The summed E-state index contributed by atoms with van der Waals surface area (Å²) < 4.78 is 17.3. The first-order chi connectivity index (χ1) is 19.5. The quantitative estimate of drug-likeness (QED) is 0.311. The van der Waals surface area contributed by atoms with E-state index in [-0.39, 0.29) is 5.91 Å². The van der Waals surface area contributed by atoms with Crippen LogP contribution in [0.1, 0.15) is 47.9 Å². The zero-order valence-corrected chi connectivity index (χ0v) is 24.6. The lowest BCUT2D eigenvalue weighted by molar-refractivity contribution is -0.130. The Morgan fingerprint density at radius 3 is 2.52 bits per heavy atom. The van der Waals surface area contributed by atoms with E-state index in [2.05, 4.69) is 35.8 Å². The molecule has 1 atom stereocenters. The number of likely N-dealkylation sites (tertiary alicyclic amines) is 1. The molecule has 0 saturated carbocycles. The second-order valence-electron chi connectivity index (χ2n) is 11.5. The summed E-state index contributed by atoms with van der Waals surface area (Å²) >= 11 is 0. The molecule has 40 heavy (non-hydrogen) atoms. The Kier molecular flexibility index (Phi) is 9.15. The van der Waals surface area contributed by atoms with E-state index >= 15 is 0 Å². The highest BCUT2D eigenvalue weighted by atomic mass is 16.5. The zero-order valence-electron chi connectivity index (χ0n) is 24.6. The Balaban J connectivity index is 1.14. The summed E-state index contributed by atoms with van der Waals surface area (Å²) in [7, 11) is 3.33. The average molecular weight is 545 g/mol. The fourth-order valence-corrected chi connectivity index (χ4v) is 6.41. The van der Waals surface area contributed by atoms with Gasteiger partial charge in [-0.1, -0.05) is 30.7 Å². The SMILES string of the molecule is COc1ccc2c(OCCCN3CCCCC(CN4CCc5cc(C)c(C)cc5CC4=O)C3)cccc2c1OC. The van der Waals surface area contributed by atoms with E-state index < -0.39 is 0 Å². The van der Waals surface area contributed by atoms with Gasteiger partial charge in [0.05, 0.1) is 27.2 Å². The number of hydrogen-bond donors (Lipinski definition) is 0. The predicted molar refractivity (Wildman–Crippen MR) is 161 cm³/mol. The smallest absolute Gasteiger partial charge is 0.227 e. The van der Waals surface area contributed by atoms with Gasteiger partial charge in [0.2, 0.25) is 5.91 Å². The Bertz CT molecular complexity index is 1340. The lowest BCUT2D eigenvalue weighted by atomic mass is 9.97. The third kappa shape index (κ3) is 6.38. The van der Waals surface area contributed by atoms with Crippen molar-refractivity contribution < 1.29 is 19.0 Å². The van der Waals surface area contributed by atoms with Crippen LogP contribution in [0.2, 0.25) is 0 Å². The summed E-state index contributed by atoms with van der Waals surface area (Å²) in [5.41, 5.74) is 5.18. The number of aryl methyl sites for hydroxylation is 2. The van der Waals surface area contributed by atoms with E-state index in [1.54, 1.807) is 14.2 Å². The normalized spacial score (nSPS) is 18.2. The van der Waals surface area contributed by atoms with E-state index in [1.807, 2.05) is 30.3 Å². The molecule has 3 aromatic rings. The summed E-state index contributed by atoms with van der Waals surface area (Å²) in [4.78, 5) is 17.9. The van der Waals surface area contributed by atoms with Gasteiger partial charge in [-0.05, 0) is 92.4 Å². The summed E-state index contributed by atoms with van der Waals surface area (Å²) in [5, 5.41) is 2.02. The van der Waals surface area contributed by atoms with E-state index in [4.69, 9.17) is 14.2 Å². The number of hydrogen-bond acceptors (Lipinski definition) is 5. The number of benzene rings is 3. The molecule has 3 aromatic carbocycles. The van der Waals surface area contributed by atoms with Crippen LogP contribution in [0.25, 0.3) is 10.8 Å². The van der Waals surface area contributed by atoms with Crippen LogP contribution in [0.15, 0.2) is 42.5 Å². The zero-order chi connectivity index (χ0) is 28.1. The van der Waals surface area contributed by atoms with Crippen LogP contribution >= 0.6 is 0 Å². The summed E-state index contributed by atoms with van der Waals surface area (Å²) in [6.45, 7) is 9.87. The topological polar surface area (TPSA) is 51.2 Å². The van der Waals surface area contributed by atoms with Crippen LogP contribution in [-0.4, -0.2) is 69.3 Å². The van der Waals surface area contributed by atoms with Crippen LogP contribution in [0.4, 0.5) is 0 Å². The van der Waals surface area contributed by atoms with Gasteiger partial charge < -0.3 is 24.0 Å². The van der Waals surface area contributed by atoms with Gasteiger partial charge in [0.1, 0.15) is 5.75 Å². The lowest BCUT2D eigenvalue weighted by Gasteiger charge is -2.29. The van der Waals surface area contributed by atoms with Gasteiger partial charge in [0.25, 0.3) is 0 Å². The minimum absolute atomic E-state index is 0.288. The highest BCUT2D eigenvalue weighted by Gasteiger charge is 2.26. The van der Waals surface area contributed by atoms with Crippen molar-refractivity contribution in [3.63, 3.8) is 0 Å². The van der Waals surface area contributed by atoms with E-state index in [1.165, 1.54) is 41.5 Å². The molecule has 0 aromatic heterocycles. The fraction of sp³-hybridized carbons (Fsp3) is 0.500. The number of amides is 1. The maximum Gasteiger partial charge on any atom is 0.227 e. The van der Waals surface area contributed by atoms with Crippen molar-refractivity contribution in [3.8, 4) is 17.2 Å². The molecular formula is C34H44N2O4. The number of methoxy groups -OCH3 is 2. The molecule has 0 aliphatic carbocycles. The molecule has 2 aliphatic rings. The first-order valence-corrected chi connectivity index (χ1v) is 14.8. The standard InChI is InChI=1S/C34H44N2O4/c1-24-19-27-14-17-36(33(37)21-28(27)20-25(24)2)23-26-9-5-6-15-35(22-26)16-8-18-40-31-11-7-10-30-29(31)12-13-32(38-3)34(30)39-4/h7,10-13,19-20,26H,5-6,8-9,14-18,21-23H2,1-4H3. The van der Waals surface area contributed by atoms with E-state index in [0.717, 1.165) is 73.6 Å². The molecule has 1 saturated heterocycles. The lowest BCUT2D eigenvalue weighted by Crippen LogP contribution is -2.40. The molecule has 5 rings (SSSR count). The van der Waals surface area contributed by atoms with Gasteiger partial charge >= 0.3 is 0 Å². The first-order valence-electron chi connectivity index (χ1n) is 14.8. The van der Waals surface area contributed by atoms with Gasteiger partial charge in [-0.15, -0.1) is 0 Å². The molecule has 0 spiro atoms. The van der Waals surface area contributed by atoms with Crippen LogP contribution in [0.3, 0.4) is 0 Å². The molecule has 6 heteroatoms. The maximum atomic E-state index is 13.2. The van der Waals surface area contributed by atoms with Gasteiger partial charge in [-0.3, -0.25) is 4.79 Å². The minimum Gasteiger partial charge on any atom is -0.493 e. The molecule has 6 nitrogen and oxygen atoms in total. The van der Waals surface area contributed by atoms with Crippen LogP contribution < -0.4 is 14.2 Å². The largest absolute Gasteiger partial charge is 0.493 e. The van der Waals surface area contributed by atoms with Crippen molar-refractivity contribution >= 4 is 16.7 Å². The van der Waals surface area contributed by atoms with Crippen molar-refractivity contribution in [2.24, 2.45) is 5.92 Å². The van der Waals surface area contributed by atoms with E-state index in [9.17, 15) is 4.79 Å². The Morgan fingerprint density at radius 1 is 0.900 bits per heavy atom. The van der Waals surface area contributed by atoms with E-state index in [0.29, 0.717) is 18.9 Å². The van der Waals surface area contributed by atoms with Gasteiger partial charge in [-0.25, -0.2) is 0 Å². The molecule has 1 fully saturated rings. The molecule has 1 unspecified atom stereocenters. The van der Waals surface area contributed by atoms with Crippen LogP contribution in [0, 0.1) is 19.8 Å². The summed E-state index contributed by atoms with van der Waals surface area (Å²) in [6.07, 6.45) is 6.12. The van der Waals surface area contributed by atoms with Gasteiger partial charge in [0.15, 0.2) is 11.5 Å². The Morgan fingerprint density at radius 2 is 1.73 bits per heavy atom. The second kappa shape index (κ2) is 12.9. The summed E-state index contributed by atoms with van der Waals surface area (Å²) in [5.74, 6) is 3.14. The number of carbonyl (C=O) groups is 1. The Labute approximate surface area is 239 Å². The van der Waals surface area contributed by atoms with Crippen molar-refractivity contribution in [1.82, 2.24) is 9.80 Å². The van der Waals surface area contributed by atoms with Crippen molar-refractivity contribution in [1.29, 1.82) is 0 Å². The maximum absolute atomic E-state index is 13.2. The number of fused-ring (bicyclic) bond motifs is 2. The molecule has 214 valence electrons. The second-order valence-corrected chi connectivity index (χ2v) is 11.5. The number of ether oxygens (including phenoxy) is 3. The highest BCUT2D eigenvalue weighted by Crippen LogP contribution is 2.39. The number of nitrogens with zero attached hydrogens (tertiary/aromatic N) is 2. The monoisotopic (exact) mass is 544 g/mol. The fourth-order valence-electron chi connectivity index (χ4n) is 6.41. The van der Waals surface area contributed by atoms with Crippen molar-refractivity contribution in [2.45, 2.75) is 52.4 Å². The Hall–Kier alpha value is -3.25. The molecule has 2 heterocycles. The van der Waals surface area contributed by atoms with Crippen LogP contribution in [0.5, 0.6) is 17.2 Å². The molecule has 1 amide bonds. The van der Waals surface area contributed by atoms with Crippen LogP contribution in [-0.2, 0) is 17.6 Å². The van der Waals surface area contributed by atoms with Crippen molar-refractivity contribution in [3.05, 3.63) is 64.7 Å². The minimum atomic E-state index is 0.288. The first kappa shape index (κ1) is 28.3. The van der Waals surface area contributed by atoms with Gasteiger partial charge in [-0.2, -0.15) is 0 Å². The average Bonchev–Trinajstić information content (AvgIpc) is 3.27. The summed E-state index contributed by atoms with van der Waals surface area (Å²) in [6, 6.07) is 14.6. The highest BCUT2D eigenvalue weighted by molar-refractivity contribution is 5.95. The third-order valence-electron chi connectivity index (χ3n) is 8.73. The van der Waals surface area contributed by atoms with Gasteiger partial charge in [0, 0.05) is 37.0 Å². The number of carbonyl (C=O) groups excluding carboxylic acids is 1. The molecule has 2 aliphatic heterocycles. The third-order valence-corrected chi connectivity index (χ3v) is 8.73. The predicted octanol–water partition coefficient (Wildman–Crippen LogP) is 5.97. The molecular weight excluding hydrogens is 500 g/mol.